The lowest BCUT2D eigenvalue weighted by molar-refractivity contribution is -0.138. The number of unbranched alkanes of at least 4 members (excludes halogenated alkanes) is 2. The van der Waals surface area contributed by atoms with Gasteiger partial charge in [0.15, 0.2) is 19.0 Å². The lowest BCUT2D eigenvalue weighted by atomic mass is 10.0. The van der Waals surface area contributed by atoms with E-state index < -0.39 is 48.9 Å². The number of nitrogens with one attached hydrogen (secondary N) is 3. The van der Waals surface area contributed by atoms with Crippen LogP contribution in [0.1, 0.15) is 112 Å². The molecule has 3 aromatic carbocycles. The smallest absolute Gasteiger partial charge is 0.338 e. The fourth-order valence-corrected chi connectivity index (χ4v) is 9.04. The van der Waals surface area contributed by atoms with Crippen LogP contribution in [0.2, 0.25) is 0 Å². The van der Waals surface area contributed by atoms with Gasteiger partial charge in [-0.3, -0.25) is 43.2 Å². The SMILES string of the molecule is O=C(O)CCCCC(=O)CCOCCOCCOCCOCCNC(=O)COc1cc(OCC(=O)NCCOCCOCCOCCOCCC(=O)CCCCC(=O)O)cc(-c2cc(OCC(=O)CCCOCCOCCOCCOCCC(=O)NCCCC(=O)O)cc(C(=O)OCc3ccccc3)c2)c1. The molecule has 106 heavy (non-hydrogen) atoms. The van der Waals surface area contributed by atoms with Crippen LogP contribution in [0.15, 0.2) is 66.7 Å². The van der Waals surface area contributed by atoms with Crippen molar-refractivity contribution in [2.75, 3.05) is 198 Å². The molecule has 32 heteroatoms. The van der Waals surface area contributed by atoms with Crippen molar-refractivity contribution in [3.63, 3.8) is 0 Å². The molecule has 0 saturated carbocycles. The second-order valence-corrected chi connectivity index (χ2v) is 23.4. The predicted octanol–water partition coefficient (Wildman–Crippen LogP) is 5.21. The molecule has 0 spiro atoms. The van der Waals surface area contributed by atoms with Gasteiger partial charge in [-0.25, -0.2) is 4.79 Å². The van der Waals surface area contributed by atoms with Crippen molar-refractivity contribution < 1.29 is 139 Å². The molecule has 0 saturated heterocycles. The van der Waals surface area contributed by atoms with Crippen molar-refractivity contribution in [3.8, 4) is 28.4 Å². The summed E-state index contributed by atoms with van der Waals surface area (Å²) in [6.07, 6.45) is 4.32. The van der Waals surface area contributed by atoms with Crippen molar-refractivity contribution >= 4 is 58.9 Å². The molecule has 0 bridgehead atoms. The summed E-state index contributed by atoms with van der Waals surface area (Å²) in [7, 11) is 0. The molecule has 0 aromatic heterocycles. The van der Waals surface area contributed by atoms with Crippen LogP contribution in [0, 0.1) is 0 Å². The normalized spacial score (nSPS) is 11.1. The Labute approximate surface area is 618 Å². The number of carbonyl (C=O) groups excluding carboxylic acids is 7. The second-order valence-electron chi connectivity index (χ2n) is 23.4. The van der Waals surface area contributed by atoms with Gasteiger partial charge in [0.25, 0.3) is 11.8 Å². The van der Waals surface area contributed by atoms with Gasteiger partial charge in [-0.05, 0) is 85.5 Å². The number of carboxylic acids is 3. The number of aliphatic carboxylic acids is 3. The van der Waals surface area contributed by atoms with Crippen LogP contribution in [0.25, 0.3) is 11.1 Å². The molecule has 0 heterocycles. The summed E-state index contributed by atoms with van der Waals surface area (Å²) in [6, 6.07) is 18.4. The van der Waals surface area contributed by atoms with Gasteiger partial charge < -0.3 is 107 Å². The van der Waals surface area contributed by atoms with E-state index in [1.807, 2.05) is 30.3 Å². The third-order valence-electron chi connectivity index (χ3n) is 14.5. The summed E-state index contributed by atoms with van der Waals surface area (Å²) in [5.74, 6) is -4.23. The maximum absolute atomic E-state index is 13.8. The summed E-state index contributed by atoms with van der Waals surface area (Å²) < 4.78 is 89.9. The molecule has 6 N–H and O–H groups in total. The Morgan fingerprint density at radius 3 is 1.08 bits per heavy atom. The maximum atomic E-state index is 13.8. The van der Waals surface area contributed by atoms with E-state index in [-0.39, 0.29) is 190 Å². The zero-order valence-corrected chi connectivity index (χ0v) is 60.8. The van der Waals surface area contributed by atoms with Crippen molar-refractivity contribution in [2.24, 2.45) is 0 Å². The molecule has 594 valence electrons. The first-order valence-corrected chi connectivity index (χ1v) is 35.9. The molecular weight excluding hydrogens is 1390 g/mol. The van der Waals surface area contributed by atoms with Crippen molar-refractivity contribution in [1.29, 1.82) is 0 Å². The van der Waals surface area contributed by atoms with Gasteiger partial charge in [-0.1, -0.05) is 30.3 Å². The van der Waals surface area contributed by atoms with Crippen LogP contribution in [0.5, 0.6) is 17.2 Å². The van der Waals surface area contributed by atoms with Crippen LogP contribution in [0.3, 0.4) is 0 Å². The average Bonchev–Trinajstić information content (AvgIpc) is 0.810. The van der Waals surface area contributed by atoms with Crippen molar-refractivity contribution in [1.82, 2.24) is 16.0 Å². The zero-order chi connectivity index (χ0) is 76.6. The van der Waals surface area contributed by atoms with E-state index in [4.69, 9.17) is 91.1 Å². The molecule has 0 aliphatic rings. The molecule has 0 radical (unpaired) electrons. The topological polar surface area (TPSA) is 415 Å². The third kappa shape index (κ3) is 53.6. The average molecular weight is 1500 g/mol. The number of benzene rings is 3. The van der Waals surface area contributed by atoms with Crippen molar-refractivity contribution in [3.05, 3.63) is 77.9 Å². The number of hydrogen-bond acceptors (Lipinski definition) is 26. The van der Waals surface area contributed by atoms with Gasteiger partial charge >= 0.3 is 23.9 Å². The third-order valence-corrected chi connectivity index (χ3v) is 14.5. The van der Waals surface area contributed by atoms with E-state index in [0.29, 0.717) is 155 Å². The lowest BCUT2D eigenvalue weighted by Gasteiger charge is -2.15. The summed E-state index contributed by atoms with van der Waals surface area (Å²) in [4.78, 5) is 120. The summed E-state index contributed by atoms with van der Waals surface area (Å²) in [5.41, 5.74) is 1.64. The molecule has 3 aromatic rings. The Morgan fingerprint density at radius 2 is 0.642 bits per heavy atom. The molecule has 0 atom stereocenters. The molecular formula is C74H109N3O29. The molecule has 0 aliphatic carbocycles. The van der Waals surface area contributed by atoms with Crippen LogP contribution in [-0.4, -0.2) is 272 Å². The first-order chi connectivity index (χ1) is 51.6. The molecule has 0 aliphatic heterocycles. The van der Waals surface area contributed by atoms with E-state index in [9.17, 15) is 47.9 Å². The van der Waals surface area contributed by atoms with Gasteiger partial charge in [0.05, 0.1) is 158 Å². The minimum atomic E-state index is -0.914. The van der Waals surface area contributed by atoms with Gasteiger partial charge in [0.1, 0.15) is 42.0 Å². The number of ketones is 3. The highest BCUT2D eigenvalue weighted by Crippen LogP contribution is 2.33. The van der Waals surface area contributed by atoms with E-state index >= 15 is 0 Å². The minimum absolute atomic E-state index is 0.0115. The Bertz CT molecular complexity index is 2840. The highest BCUT2D eigenvalue weighted by Gasteiger charge is 2.18. The molecule has 32 nitrogen and oxygen atoms in total. The largest absolute Gasteiger partial charge is 0.486 e. The van der Waals surface area contributed by atoms with Gasteiger partial charge in [-0.15, -0.1) is 0 Å². The fraction of sp³-hybridized carbons (Fsp3) is 0.622. The van der Waals surface area contributed by atoms with E-state index in [2.05, 4.69) is 16.0 Å². The maximum Gasteiger partial charge on any atom is 0.338 e. The van der Waals surface area contributed by atoms with Crippen LogP contribution in [-0.2, 0) is 111 Å². The van der Waals surface area contributed by atoms with Gasteiger partial charge in [0.2, 0.25) is 5.91 Å². The van der Waals surface area contributed by atoms with Crippen molar-refractivity contribution in [2.45, 2.75) is 103 Å². The fourth-order valence-electron chi connectivity index (χ4n) is 9.04. The number of ether oxygens (including phenoxy) is 16. The van der Waals surface area contributed by atoms with Crippen LogP contribution in [0.4, 0.5) is 0 Å². The standard InChI is InChI=1S/C74H109N3O29/c78-62(12-4-6-15-71(84)85)18-25-92-31-37-98-44-46-101-40-34-95-28-22-76-69(82)56-104-66-50-60(51-67(53-66)105-57-70(83)77-23-29-96-35-41-102-47-45-99-38-32-93-26-19-63(79)13-5-7-16-72(86)87)59-48-61(74(90)106-54-58-10-2-1-3-11-58)52-65(49-59)103-55-64(80)14-9-24-91-30-36-97-42-43-100-39-33-94-27-20-68(81)75-21-8-17-73(88)89/h1-3,10-11,48-53H,4-9,12-47,54-57H2,(H,75,81)(H,76,82)(H,77,83)(H,84,85)(H,86,87)(H,88,89). The Balaban J connectivity index is 1.51. The lowest BCUT2D eigenvalue weighted by Crippen LogP contribution is -2.32. The van der Waals surface area contributed by atoms with Crippen LogP contribution >= 0.6 is 0 Å². The number of amides is 3. The Hall–Kier alpha value is -8.12. The predicted molar refractivity (Wildman–Crippen MR) is 380 cm³/mol. The Kier molecular flexibility index (Phi) is 54.7. The number of esters is 1. The van der Waals surface area contributed by atoms with Gasteiger partial charge in [0, 0.05) is 90.1 Å². The number of rotatable bonds is 73. The first-order valence-electron chi connectivity index (χ1n) is 35.9. The molecule has 3 rings (SSSR count). The Morgan fingerprint density at radius 1 is 0.292 bits per heavy atom. The number of carbonyl (C=O) groups is 10. The summed E-state index contributed by atoms with van der Waals surface area (Å²) in [5, 5.41) is 34.2. The molecule has 0 fully saturated rings. The minimum Gasteiger partial charge on any atom is -0.486 e. The zero-order valence-electron chi connectivity index (χ0n) is 60.8. The summed E-state index contributed by atoms with van der Waals surface area (Å²) >= 11 is 0. The summed E-state index contributed by atoms with van der Waals surface area (Å²) in [6.45, 7) is 6.14. The van der Waals surface area contributed by atoms with E-state index in [1.54, 1.807) is 24.3 Å². The highest BCUT2D eigenvalue weighted by atomic mass is 16.6. The van der Waals surface area contributed by atoms with Crippen LogP contribution < -0.4 is 30.2 Å². The quantitative estimate of drug-likeness (QED) is 0.0312. The number of carboxylic acid groups (broad SMARTS) is 3. The number of Topliss-reactive ketones (excluding diaryl/α,β-unsaturated/α-hetero) is 3. The van der Waals surface area contributed by atoms with E-state index in [0.717, 1.165) is 5.56 Å². The van der Waals surface area contributed by atoms with Gasteiger partial charge in [-0.2, -0.15) is 0 Å². The monoisotopic (exact) mass is 1500 g/mol. The second kappa shape index (κ2) is 63.0. The first kappa shape index (κ1) is 92.1. The highest BCUT2D eigenvalue weighted by molar-refractivity contribution is 5.92. The molecule has 0 unspecified atom stereocenters. The molecule has 3 amide bonds. The number of hydrogen-bond donors (Lipinski definition) is 6. The van der Waals surface area contributed by atoms with E-state index in [1.165, 1.54) is 12.1 Å².